The van der Waals surface area contributed by atoms with E-state index >= 15 is 0 Å². The number of carbonyl (C=O) groups is 1. The third-order valence-electron chi connectivity index (χ3n) is 2.91. The van der Waals surface area contributed by atoms with Gasteiger partial charge in [0, 0.05) is 17.8 Å². The van der Waals surface area contributed by atoms with Crippen molar-refractivity contribution in [3.05, 3.63) is 53.8 Å². The van der Waals surface area contributed by atoms with Gasteiger partial charge in [0.25, 0.3) is 5.91 Å². The Bertz CT molecular complexity index is 628. The molecule has 2 rings (SSSR count). The van der Waals surface area contributed by atoms with E-state index in [9.17, 15) is 9.18 Å². The Balaban J connectivity index is 2.57. The van der Waals surface area contributed by atoms with Gasteiger partial charge >= 0.3 is 0 Å². The second kappa shape index (κ2) is 6.16. The summed E-state index contributed by atoms with van der Waals surface area (Å²) in [4.78, 5) is 11.8. The summed E-state index contributed by atoms with van der Waals surface area (Å²) in [5.41, 5.74) is 4.63. The van der Waals surface area contributed by atoms with E-state index in [2.05, 4.69) is 10.7 Å². The molecule has 0 heterocycles. The van der Waals surface area contributed by atoms with Crippen LogP contribution in [-0.4, -0.2) is 12.5 Å². The Hall–Kier alpha value is -2.40. The van der Waals surface area contributed by atoms with Gasteiger partial charge in [-0.1, -0.05) is 12.1 Å². The predicted octanol–water partition coefficient (Wildman–Crippen LogP) is 2.53. The molecule has 0 fully saturated rings. The molecule has 0 aliphatic carbocycles. The highest BCUT2D eigenvalue weighted by Gasteiger charge is 2.13. The van der Waals surface area contributed by atoms with E-state index < -0.39 is 5.91 Å². The smallest absolute Gasteiger partial charge is 0.265 e. The molecule has 0 aliphatic rings. The fourth-order valence-corrected chi connectivity index (χ4v) is 2.03. The van der Waals surface area contributed by atoms with Crippen LogP contribution < -0.4 is 16.6 Å². The van der Waals surface area contributed by atoms with Gasteiger partial charge in [-0.3, -0.25) is 10.2 Å². The number of nitrogens with one attached hydrogen (secondary N) is 2. The Kier molecular flexibility index (Phi) is 4.32. The molecular weight excluding hydrogens is 257 g/mol. The van der Waals surface area contributed by atoms with Crippen LogP contribution in [0.3, 0.4) is 0 Å². The molecule has 0 saturated carbocycles. The summed E-state index contributed by atoms with van der Waals surface area (Å²) in [6, 6.07) is 11.4. The number of amides is 1. The molecule has 4 N–H and O–H groups in total. The Morgan fingerprint density at radius 1 is 1.25 bits per heavy atom. The van der Waals surface area contributed by atoms with E-state index in [4.69, 9.17) is 5.84 Å². The van der Waals surface area contributed by atoms with Crippen LogP contribution >= 0.6 is 0 Å². The molecule has 20 heavy (non-hydrogen) atoms. The normalized spacial score (nSPS) is 10.2. The summed E-state index contributed by atoms with van der Waals surface area (Å²) in [5.74, 6) is 4.43. The topological polar surface area (TPSA) is 67.2 Å². The minimum Gasteiger partial charge on any atom is -0.385 e. The largest absolute Gasteiger partial charge is 0.385 e. The van der Waals surface area contributed by atoms with Crippen LogP contribution in [0.25, 0.3) is 11.1 Å². The van der Waals surface area contributed by atoms with Crippen molar-refractivity contribution in [1.82, 2.24) is 5.43 Å². The summed E-state index contributed by atoms with van der Waals surface area (Å²) in [5, 5.41) is 3.16. The number of halogens is 1. The van der Waals surface area contributed by atoms with E-state index in [0.29, 0.717) is 16.7 Å². The first-order chi connectivity index (χ1) is 9.65. The fraction of sp³-hybridized carbons (Fsp3) is 0.133. The first kappa shape index (κ1) is 14.0. The van der Waals surface area contributed by atoms with Gasteiger partial charge in [0.05, 0.1) is 0 Å². The molecule has 1 amide bonds. The van der Waals surface area contributed by atoms with Crippen molar-refractivity contribution in [2.75, 3.05) is 11.9 Å². The minimum atomic E-state index is -0.410. The number of hydrazine groups is 1. The lowest BCUT2D eigenvalue weighted by Crippen LogP contribution is -2.30. The van der Waals surface area contributed by atoms with E-state index in [1.807, 2.05) is 13.0 Å². The maximum Gasteiger partial charge on any atom is 0.265 e. The van der Waals surface area contributed by atoms with Crippen molar-refractivity contribution >= 4 is 11.6 Å². The molecule has 2 aromatic rings. The molecular formula is C15H16FN3O. The second-order valence-corrected chi connectivity index (χ2v) is 4.27. The van der Waals surface area contributed by atoms with E-state index in [0.717, 1.165) is 12.2 Å². The van der Waals surface area contributed by atoms with Crippen molar-refractivity contribution < 1.29 is 9.18 Å². The molecule has 2 aromatic carbocycles. The van der Waals surface area contributed by atoms with Gasteiger partial charge < -0.3 is 5.32 Å². The monoisotopic (exact) mass is 273 g/mol. The van der Waals surface area contributed by atoms with Crippen LogP contribution in [0.4, 0.5) is 10.1 Å². The molecule has 104 valence electrons. The van der Waals surface area contributed by atoms with Crippen molar-refractivity contribution in [3.63, 3.8) is 0 Å². The Labute approximate surface area is 116 Å². The summed E-state index contributed by atoms with van der Waals surface area (Å²) in [7, 11) is 0. The number of hydrogen-bond donors (Lipinski definition) is 3. The second-order valence-electron chi connectivity index (χ2n) is 4.27. The SMILES string of the molecule is CCNc1ccc(C(=O)NN)c(-c2cccc(F)c2)c1. The molecule has 4 nitrogen and oxygen atoms in total. The number of nitrogens with two attached hydrogens (primary N) is 1. The zero-order valence-corrected chi connectivity index (χ0v) is 11.1. The van der Waals surface area contributed by atoms with Crippen LogP contribution in [0, 0.1) is 5.82 Å². The molecule has 0 unspecified atom stereocenters. The standard InChI is InChI=1S/C15H16FN3O/c1-2-18-12-6-7-13(15(20)19-17)14(9-12)10-4-3-5-11(16)8-10/h3-9,18H,2,17H2,1H3,(H,19,20). The maximum absolute atomic E-state index is 13.4. The number of rotatable bonds is 4. The van der Waals surface area contributed by atoms with Crippen LogP contribution in [-0.2, 0) is 0 Å². The van der Waals surface area contributed by atoms with Crippen molar-refractivity contribution in [2.24, 2.45) is 5.84 Å². The summed E-state index contributed by atoms with van der Waals surface area (Å²) in [6.45, 7) is 2.73. The quantitative estimate of drug-likeness (QED) is 0.455. The zero-order chi connectivity index (χ0) is 14.5. The number of carbonyl (C=O) groups excluding carboxylic acids is 1. The lowest BCUT2D eigenvalue weighted by atomic mass is 9.98. The molecule has 0 saturated heterocycles. The summed E-state index contributed by atoms with van der Waals surface area (Å²) < 4.78 is 13.4. The van der Waals surface area contributed by atoms with Crippen molar-refractivity contribution in [1.29, 1.82) is 0 Å². The van der Waals surface area contributed by atoms with E-state index in [1.165, 1.54) is 12.1 Å². The van der Waals surface area contributed by atoms with Gasteiger partial charge in [-0.25, -0.2) is 10.2 Å². The molecule has 0 aromatic heterocycles. The molecule has 0 radical (unpaired) electrons. The molecule has 0 spiro atoms. The average molecular weight is 273 g/mol. The number of hydrogen-bond acceptors (Lipinski definition) is 3. The first-order valence-electron chi connectivity index (χ1n) is 6.30. The lowest BCUT2D eigenvalue weighted by Gasteiger charge is -2.12. The van der Waals surface area contributed by atoms with E-state index in [-0.39, 0.29) is 5.82 Å². The van der Waals surface area contributed by atoms with Gasteiger partial charge in [0.1, 0.15) is 5.82 Å². The molecule has 0 atom stereocenters. The zero-order valence-electron chi connectivity index (χ0n) is 11.1. The van der Waals surface area contributed by atoms with Crippen LogP contribution in [0.5, 0.6) is 0 Å². The van der Waals surface area contributed by atoms with Gasteiger partial charge in [-0.2, -0.15) is 0 Å². The average Bonchev–Trinajstić information content (AvgIpc) is 2.47. The van der Waals surface area contributed by atoms with Crippen molar-refractivity contribution in [3.8, 4) is 11.1 Å². The Morgan fingerprint density at radius 2 is 2.05 bits per heavy atom. The highest BCUT2D eigenvalue weighted by molar-refractivity contribution is 6.01. The summed E-state index contributed by atoms with van der Waals surface area (Å²) >= 11 is 0. The van der Waals surface area contributed by atoms with Crippen LogP contribution in [0.15, 0.2) is 42.5 Å². The maximum atomic E-state index is 13.4. The molecule has 5 heteroatoms. The van der Waals surface area contributed by atoms with Gasteiger partial charge in [-0.15, -0.1) is 0 Å². The van der Waals surface area contributed by atoms with Gasteiger partial charge in [0.15, 0.2) is 0 Å². The van der Waals surface area contributed by atoms with Crippen LogP contribution in [0.1, 0.15) is 17.3 Å². The summed E-state index contributed by atoms with van der Waals surface area (Å²) in [6.07, 6.45) is 0. The predicted molar refractivity (Wildman–Crippen MR) is 77.7 cm³/mol. The number of anilines is 1. The van der Waals surface area contributed by atoms with E-state index in [1.54, 1.807) is 24.3 Å². The van der Waals surface area contributed by atoms with Crippen LogP contribution in [0.2, 0.25) is 0 Å². The minimum absolute atomic E-state index is 0.351. The third kappa shape index (κ3) is 2.95. The lowest BCUT2D eigenvalue weighted by molar-refractivity contribution is 0.0954. The highest BCUT2D eigenvalue weighted by Crippen LogP contribution is 2.27. The first-order valence-corrected chi connectivity index (χ1v) is 6.30. The van der Waals surface area contributed by atoms with Gasteiger partial charge in [0.2, 0.25) is 0 Å². The third-order valence-corrected chi connectivity index (χ3v) is 2.91. The number of benzene rings is 2. The fourth-order valence-electron chi connectivity index (χ4n) is 2.03. The molecule has 0 aliphatic heterocycles. The Morgan fingerprint density at radius 3 is 2.70 bits per heavy atom. The molecule has 0 bridgehead atoms. The van der Waals surface area contributed by atoms with Gasteiger partial charge in [-0.05, 0) is 48.4 Å². The van der Waals surface area contributed by atoms with Crippen molar-refractivity contribution in [2.45, 2.75) is 6.92 Å². The number of nitrogen functional groups attached to an aromatic ring is 1. The highest BCUT2D eigenvalue weighted by atomic mass is 19.1.